The van der Waals surface area contributed by atoms with Crippen molar-refractivity contribution in [3.63, 3.8) is 0 Å². The Kier molecular flexibility index (Phi) is 5.11. The second kappa shape index (κ2) is 7.74. The molecule has 2 aromatic carbocycles. The van der Waals surface area contributed by atoms with Gasteiger partial charge < -0.3 is 11.1 Å². The third kappa shape index (κ3) is 3.58. The van der Waals surface area contributed by atoms with Crippen molar-refractivity contribution in [3.05, 3.63) is 81.9 Å². The molecule has 1 atom stereocenters. The number of fused-ring (bicyclic) bond motifs is 1. The average molecular weight is 406 g/mol. The van der Waals surface area contributed by atoms with E-state index in [4.69, 9.17) is 5.73 Å². The van der Waals surface area contributed by atoms with Crippen LogP contribution in [-0.2, 0) is 6.42 Å². The van der Waals surface area contributed by atoms with Crippen molar-refractivity contribution >= 4 is 11.8 Å². The van der Waals surface area contributed by atoms with Gasteiger partial charge in [-0.1, -0.05) is 6.07 Å². The lowest BCUT2D eigenvalue weighted by molar-refractivity contribution is 0.0926. The molecule has 30 heavy (non-hydrogen) atoms. The van der Waals surface area contributed by atoms with Crippen LogP contribution in [0, 0.1) is 19.7 Å². The number of aryl methyl sites for hydroxylation is 2. The molecule has 1 heterocycles. The van der Waals surface area contributed by atoms with E-state index in [-0.39, 0.29) is 17.2 Å². The molecule has 1 aliphatic carbocycles. The molecule has 154 valence electrons. The van der Waals surface area contributed by atoms with Crippen molar-refractivity contribution in [3.8, 4) is 5.69 Å². The van der Waals surface area contributed by atoms with Gasteiger partial charge in [-0.25, -0.2) is 9.07 Å². The van der Waals surface area contributed by atoms with Crippen molar-refractivity contribution in [1.82, 2.24) is 15.1 Å². The summed E-state index contributed by atoms with van der Waals surface area (Å²) in [6.45, 7) is 4.13. The highest BCUT2D eigenvalue weighted by atomic mass is 19.1. The molecule has 1 aromatic heterocycles. The highest BCUT2D eigenvalue weighted by Gasteiger charge is 2.27. The van der Waals surface area contributed by atoms with Gasteiger partial charge in [-0.2, -0.15) is 5.10 Å². The lowest BCUT2D eigenvalue weighted by atomic mass is 9.92. The molecule has 3 N–H and O–H groups in total. The molecule has 0 saturated carbocycles. The van der Waals surface area contributed by atoms with E-state index in [2.05, 4.69) is 36.4 Å². The van der Waals surface area contributed by atoms with Crippen LogP contribution < -0.4 is 11.1 Å². The molecule has 1 unspecified atom stereocenters. The van der Waals surface area contributed by atoms with Gasteiger partial charge in [-0.15, -0.1) is 0 Å². The van der Waals surface area contributed by atoms with E-state index in [1.807, 2.05) is 10.7 Å². The number of carbonyl (C=O) groups is 2. The standard InChI is InChI=1S/C23H23FN4O2/c1-13-6-8-16(10-14(13)2)28-21-5-3-4-20(18(21)12-26-28)27-23(30)17-9-7-15(22(25)29)11-19(17)24/h6-12,20H,3-5H2,1-2H3,(H2,25,29)(H,27,30). The lowest BCUT2D eigenvalue weighted by Gasteiger charge is -2.24. The molecule has 0 saturated heterocycles. The minimum absolute atomic E-state index is 0.0265. The van der Waals surface area contributed by atoms with Gasteiger partial charge >= 0.3 is 0 Å². The first-order chi connectivity index (χ1) is 14.3. The molecule has 0 aliphatic heterocycles. The molecule has 7 heteroatoms. The van der Waals surface area contributed by atoms with Crippen molar-refractivity contribution in [2.45, 2.75) is 39.2 Å². The molecular weight excluding hydrogens is 383 g/mol. The first-order valence-corrected chi connectivity index (χ1v) is 9.90. The van der Waals surface area contributed by atoms with Gasteiger partial charge in [0.1, 0.15) is 5.82 Å². The Bertz CT molecular complexity index is 1150. The van der Waals surface area contributed by atoms with Gasteiger partial charge in [-0.05, 0) is 74.6 Å². The Morgan fingerprint density at radius 2 is 1.97 bits per heavy atom. The first-order valence-electron chi connectivity index (χ1n) is 9.90. The third-order valence-electron chi connectivity index (χ3n) is 5.72. The van der Waals surface area contributed by atoms with Gasteiger partial charge in [0.15, 0.2) is 0 Å². The van der Waals surface area contributed by atoms with E-state index in [1.165, 1.54) is 23.3 Å². The van der Waals surface area contributed by atoms with Crippen molar-refractivity contribution in [2.75, 3.05) is 0 Å². The normalized spacial score (nSPS) is 15.5. The summed E-state index contributed by atoms with van der Waals surface area (Å²) >= 11 is 0. The molecule has 0 bridgehead atoms. The zero-order valence-electron chi connectivity index (χ0n) is 16.9. The summed E-state index contributed by atoms with van der Waals surface area (Å²) in [6.07, 6.45) is 4.27. The molecule has 0 fully saturated rings. The maximum atomic E-state index is 14.3. The SMILES string of the molecule is Cc1ccc(-n2ncc3c2CCCC3NC(=O)c2ccc(C(N)=O)cc2F)cc1C. The first kappa shape index (κ1) is 19.8. The van der Waals surface area contributed by atoms with Crippen LogP contribution in [0.25, 0.3) is 5.69 Å². The minimum Gasteiger partial charge on any atom is -0.366 e. The van der Waals surface area contributed by atoms with Crippen LogP contribution in [-0.4, -0.2) is 21.6 Å². The Morgan fingerprint density at radius 3 is 2.67 bits per heavy atom. The van der Waals surface area contributed by atoms with E-state index in [0.29, 0.717) is 0 Å². The zero-order chi connectivity index (χ0) is 21.4. The Labute approximate surface area is 173 Å². The largest absolute Gasteiger partial charge is 0.366 e. The van der Waals surface area contributed by atoms with Crippen molar-refractivity contribution < 1.29 is 14.0 Å². The number of amides is 2. The van der Waals surface area contributed by atoms with Crippen LogP contribution in [0.3, 0.4) is 0 Å². The summed E-state index contributed by atoms with van der Waals surface area (Å²) < 4.78 is 16.2. The topological polar surface area (TPSA) is 90.0 Å². The van der Waals surface area contributed by atoms with Crippen LogP contribution in [0.5, 0.6) is 0 Å². The predicted octanol–water partition coefficient (Wildman–Crippen LogP) is 3.53. The number of halogens is 1. The van der Waals surface area contributed by atoms with Gasteiger partial charge in [-0.3, -0.25) is 9.59 Å². The molecule has 0 spiro atoms. The number of benzene rings is 2. The molecule has 2 amide bonds. The Morgan fingerprint density at radius 1 is 1.17 bits per heavy atom. The summed E-state index contributed by atoms with van der Waals surface area (Å²) in [6, 6.07) is 9.57. The summed E-state index contributed by atoms with van der Waals surface area (Å²) in [7, 11) is 0. The maximum Gasteiger partial charge on any atom is 0.254 e. The second-order valence-electron chi connectivity index (χ2n) is 7.70. The number of carbonyl (C=O) groups excluding carboxylic acids is 2. The Hall–Kier alpha value is -3.48. The smallest absolute Gasteiger partial charge is 0.254 e. The molecule has 0 radical (unpaired) electrons. The summed E-state index contributed by atoms with van der Waals surface area (Å²) in [4.78, 5) is 23.9. The van der Waals surface area contributed by atoms with Gasteiger partial charge in [0.2, 0.25) is 5.91 Å². The lowest BCUT2D eigenvalue weighted by Crippen LogP contribution is -2.31. The Balaban J connectivity index is 1.60. The van der Waals surface area contributed by atoms with E-state index in [1.54, 1.807) is 6.20 Å². The number of nitrogens with one attached hydrogen (secondary N) is 1. The van der Waals surface area contributed by atoms with Crippen LogP contribution in [0.15, 0.2) is 42.6 Å². The van der Waals surface area contributed by atoms with Crippen molar-refractivity contribution in [1.29, 1.82) is 0 Å². The molecule has 3 aromatic rings. The highest BCUT2D eigenvalue weighted by molar-refractivity contribution is 5.97. The third-order valence-corrected chi connectivity index (χ3v) is 5.72. The van der Waals surface area contributed by atoms with Gasteiger partial charge in [0.25, 0.3) is 5.91 Å². The fourth-order valence-electron chi connectivity index (χ4n) is 3.88. The van der Waals surface area contributed by atoms with E-state index >= 15 is 0 Å². The minimum atomic E-state index is -0.773. The summed E-state index contributed by atoms with van der Waals surface area (Å²) in [5, 5.41) is 7.48. The molecule has 6 nitrogen and oxygen atoms in total. The van der Waals surface area contributed by atoms with Crippen LogP contribution in [0.1, 0.15) is 62.0 Å². The van der Waals surface area contributed by atoms with Crippen LogP contribution >= 0.6 is 0 Å². The fourth-order valence-corrected chi connectivity index (χ4v) is 3.88. The number of aromatic nitrogens is 2. The zero-order valence-corrected chi connectivity index (χ0v) is 16.9. The summed E-state index contributed by atoms with van der Waals surface area (Å²) in [5.41, 5.74) is 10.5. The molecular formula is C23H23FN4O2. The van der Waals surface area contributed by atoms with E-state index < -0.39 is 17.6 Å². The quantitative estimate of drug-likeness (QED) is 0.694. The highest BCUT2D eigenvalue weighted by Crippen LogP contribution is 2.31. The van der Waals surface area contributed by atoms with Gasteiger partial charge in [0, 0.05) is 16.8 Å². The molecule has 4 rings (SSSR count). The number of primary amides is 1. The molecule has 1 aliphatic rings. The van der Waals surface area contributed by atoms with Crippen LogP contribution in [0.2, 0.25) is 0 Å². The number of hydrogen-bond acceptors (Lipinski definition) is 3. The van der Waals surface area contributed by atoms with Crippen molar-refractivity contribution in [2.24, 2.45) is 5.73 Å². The fraction of sp³-hybridized carbons (Fsp3) is 0.261. The maximum absolute atomic E-state index is 14.3. The monoisotopic (exact) mass is 406 g/mol. The van der Waals surface area contributed by atoms with Crippen LogP contribution in [0.4, 0.5) is 4.39 Å². The number of nitrogens with two attached hydrogens (primary N) is 1. The number of hydrogen-bond donors (Lipinski definition) is 2. The predicted molar refractivity (Wildman–Crippen MR) is 111 cm³/mol. The number of nitrogens with zero attached hydrogens (tertiary/aromatic N) is 2. The van der Waals surface area contributed by atoms with Gasteiger partial charge in [0.05, 0.1) is 23.5 Å². The second-order valence-corrected chi connectivity index (χ2v) is 7.70. The van der Waals surface area contributed by atoms with E-state index in [0.717, 1.165) is 42.3 Å². The number of rotatable bonds is 4. The summed E-state index contributed by atoms with van der Waals surface area (Å²) in [5.74, 6) is -2.04. The van der Waals surface area contributed by atoms with E-state index in [9.17, 15) is 14.0 Å². The average Bonchev–Trinajstić information content (AvgIpc) is 3.15.